The Bertz CT molecular complexity index is 1040. The van der Waals surface area contributed by atoms with Crippen LogP contribution in [-0.2, 0) is 19.9 Å². The van der Waals surface area contributed by atoms with E-state index in [0.717, 1.165) is 44.2 Å². The Morgan fingerprint density at radius 2 is 1.90 bits per heavy atom. The van der Waals surface area contributed by atoms with Gasteiger partial charge in [0.25, 0.3) is 0 Å². The lowest BCUT2D eigenvalue weighted by Crippen LogP contribution is -2.59. The molecule has 2 fully saturated rings. The van der Waals surface area contributed by atoms with Crippen LogP contribution in [-0.4, -0.2) is 10.7 Å². The number of aromatic nitrogens is 1. The molecule has 5 atom stereocenters. The normalized spacial score (nSPS) is 34.2. The highest BCUT2D eigenvalue weighted by Gasteiger charge is 2.59. The molecule has 1 heterocycles. The number of aryl methyl sites for hydroxylation is 1. The van der Waals surface area contributed by atoms with Crippen molar-refractivity contribution in [1.29, 1.82) is 0 Å². The highest BCUT2D eigenvalue weighted by Crippen LogP contribution is 2.63. The van der Waals surface area contributed by atoms with Crippen LogP contribution in [0.15, 0.2) is 36.7 Å². The number of rotatable bonds is 2. The molecule has 0 radical (unpaired) electrons. The van der Waals surface area contributed by atoms with Gasteiger partial charge in [0.15, 0.2) is 18.1 Å². The summed E-state index contributed by atoms with van der Waals surface area (Å²) in [5.41, 5.74) is 5.59. The number of fused-ring (bicyclic) bond motifs is 5. The lowest BCUT2D eigenvalue weighted by molar-refractivity contribution is -0.671. The van der Waals surface area contributed by atoms with E-state index in [0.29, 0.717) is 17.8 Å². The van der Waals surface area contributed by atoms with Crippen molar-refractivity contribution in [3.8, 4) is 0 Å². The molecule has 0 bridgehead atoms. The molecule has 2 saturated carbocycles. The average Bonchev–Trinajstić information content (AvgIpc) is 2.76. The first-order valence-electron chi connectivity index (χ1n) is 12.0. The first kappa shape index (κ1) is 20.7. The minimum atomic E-state index is -0.620. The molecule has 0 aliphatic heterocycles. The number of hydrogen-bond donors (Lipinski definition) is 1. The van der Waals surface area contributed by atoms with Gasteiger partial charge in [0.1, 0.15) is 7.05 Å². The Hall–Kier alpha value is -2.18. The summed E-state index contributed by atoms with van der Waals surface area (Å²) in [5, 5.41) is 12.1. The molecule has 3 unspecified atom stereocenters. The van der Waals surface area contributed by atoms with Crippen molar-refractivity contribution in [2.45, 2.75) is 76.7 Å². The van der Waals surface area contributed by atoms with Gasteiger partial charge >= 0.3 is 0 Å². The fourth-order valence-corrected chi connectivity index (χ4v) is 7.56. The molecular formula is C28H35N2O+. The summed E-state index contributed by atoms with van der Waals surface area (Å²) in [7, 11) is 2.04. The van der Waals surface area contributed by atoms with Gasteiger partial charge in [-0.1, -0.05) is 31.0 Å². The second-order valence-corrected chi connectivity index (χ2v) is 10.7. The first-order valence-corrected chi connectivity index (χ1v) is 12.0. The van der Waals surface area contributed by atoms with Crippen LogP contribution < -0.4 is 4.57 Å². The first-order chi connectivity index (χ1) is 14.9. The molecule has 0 spiro atoms. The Labute approximate surface area is 187 Å². The molecule has 1 N–H and O–H groups in total. The fourth-order valence-electron chi connectivity index (χ4n) is 7.56. The lowest BCUT2D eigenvalue weighted by atomic mass is 9.45. The van der Waals surface area contributed by atoms with Crippen LogP contribution in [0.1, 0.15) is 73.6 Å². The minimum absolute atomic E-state index is 0.0204. The fraction of sp³-hybridized carbons (Fsp3) is 0.571. The van der Waals surface area contributed by atoms with E-state index in [1.807, 2.05) is 13.1 Å². The molecular weight excluding hydrogens is 380 g/mol. The number of pyridine rings is 1. The van der Waals surface area contributed by atoms with E-state index in [9.17, 15) is 5.11 Å². The van der Waals surface area contributed by atoms with E-state index < -0.39 is 5.60 Å². The van der Waals surface area contributed by atoms with Crippen molar-refractivity contribution in [3.05, 3.63) is 70.3 Å². The van der Waals surface area contributed by atoms with Crippen LogP contribution in [0.3, 0.4) is 0 Å². The molecule has 1 aromatic heterocycles. The third kappa shape index (κ3) is 3.14. The lowest BCUT2D eigenvalue weighted by Gasteiger charge is -2.61. The predicted molar refractivity (Wildman–Crippen MR) is 123 cm³/mol. The molecule has 3 aliphatic rings. The van der Waals surface area contributed by atoms with E-state index in [2.05, 4.69) is 53.9 Å². The van der Waals surface area contributed by atoms with Crippen LogP contribution in [0.5, 0.6) is 0 Å². The Morgan fingerprint density at radius 1 is 1.13 bits per heavy atom. The van der Waals surface area contributed by atoms with E-state index >= 15 is 0 Å². The van der Waals surface area contributed by atoms with Crippen molar-refractivity contribution in [2.75, 3.05) is 0 Å². The maximum Gasteiger partial charge on any atom is 0.190 e. The van der Waals surface area contributed by atoms with E-state index in [-0.39, 0.29) is 5.41 Å². The molecule has 162 valence electrons. The summed E-state index contributed by atoms with van der Waals surface area (Å²) in [6.07, 6.45) is 12.8. The van der Waals surface area contributed by atoms with E-state index in [4.69, 9.17) is 6.57 Å². The third-order valence-corrected chi connectivity index (χ3v) is 9.39. The maximum atomic E-state index is 12.1. The van der Waals surface area contributed by atoms with Gasteiger partial charge in [-0.2, -0.15) is 0 Å². The summed E-state index contributed by atoms with van der Waals surface area (Å²) >= 11 is 0. The Morgan fingerprint density at radius 3 is 2.65 bits per heavy atom. The molecule has 0 amide bonds. The van der Waals surface area contributed by atoms with Crippen LogP contribution in [0.25, 0.3) is 4.85 Å². The van der Waals surface area contributed by atoms with Crippen molar-refractivity contribution >= 4 is 5.69 Å². The molecule has 3 nitrogen and oxygen atoms in total. The Balaban J connectivity index is 1.47. The van der Waals surface area contributed by atoms with Crippen molar-refractivity contribution in [1.82, 2.24) is 0 Å². The van der Waals surface area contributed by atoms with Gasteiger partial charge < -0.3 is 5.11 Å². The number of benzene rings is 1. The van der Waals surface area contributed by atoms with Gasteiger partial charge in [0.05, 0.1) is 12.2 Å². The zero-order valence-electron chi connectivity index (χ0n) is 19.2. The molecule has 1 aromatic carbocycles. The summed E-state index contributed by atoms with van der Waals surface area (Å²) < 4.78 is 2.06. The highest BCUT2D eigenvalue weighted by molar-refractivity contribution is 5.58. The molecule has 3 heteroatoms. The highest BCUT2D eigenvalue weighted by atomic mass is 16.3. The standard InChI is InChI=1S/C28H35N2O/c1-19-21-7-8-24-23(22(21)9-10-26(19)29-3)11-15-27(2)25(24)6-5-14-28(27,31)18-20-12-16-30(4)17-13-20/h9-10,12-13,16-17,23-25,31H,5-8,11,14-15,18H2,1-2,4H3/q+1/t23?,24?,25?,27-,28+/m0/s1. The average molecular weight is 416 g/mol. The van der Waals surface area contributed by atoms with Crippen molar-refractivity contribution < 1.29 is 9.67 Å². The maximum absolute atomic E-state index is 12.1. The predicted octanol–water partition coefficient (Wildman–Crippen LogP) is 5.59. The van der Waals surface area contributed by atoms with Gasteiger partial charge in [-0.3, -0.25) is 0 Å². The monoisotopic (exact) mass is 415 g/mol. The Kier molecular flexibility index (Phi) is 4.98. The van der Waals surface area contributed by atoms with Gasteiger partial charge in [-0.25, -0.2) is 9.41 Å². The van der Waals surface area contributed by atoms with Gasteiger partial charge in [-0.15, -0.1) is 0 Å². The quantitative estimate of drug-likeness (QED) is 0.503. The van der Waals surface area contributed by atoms with Crippen molar-refractivity contribution in [2.24, 2.45) is 24.3 Å². The number of hydrogen-bond acceptors (Lipinski definition) is 1. The van der Waals surface area contributed by atoms with Crippen LogP contribution >= 0.6 is 0 Å². The second kappa shape index (κ2) is 7.45. The SMILES string of the molecule is [C-]#[N+]c1ccc2c(c1C)CCC1C2CC[C@@]2(C)C1CCC[C@@]2(O)Cc1cc[n+](C)cc1. The van der Waals surface area contributed by atoms with Crippen LogP contribution in [0.2, 0.25) is 0 Å². The molecule has 0 saturated heterocycles. The van der Waals surface area contributed by atoms with E-state index in [1.165, 1.54) is 35.1 Å². The largest absolute Gasteiger partial charge is 0.389 e. The second-order valence-electron chi connectivity index (χ2n) is 10.7. The molecule has 31 heavy (non-hydrogen) atoms. The summed E-state index contributed by atoms with van der Waals surface area (Å²) in [6.45, 7) is 12.0. The molecule has 3 aliphatic carbocycles. The van der Waals surface area contributed by atoms with Gasteiger partial charge in [0, 0.05) is 18.6 Å². The smallest absolute Gasteiger partial charge is 0.190 e. The number of nitrogens with zero attached hydrogens (tertiary/aromatic N) is 2. The zero-order valence-corrected chi connectivity index (χ0v) is 19.2. The summed E-state index contributed by atoms with van der Waals surface area (Å²) in [6, 6.07) is 8.65. The molecule has 5 rings (SSSR count). The topological polar surface area (TPSA) is 28.5 Å². The zero-order chi connectivity index (χ0) is 21.8. The van der Waals surface area contributed by atoms with Gasteiger partial charge in [-0.05, 0) is 85.3 Å². The van der Waals surface area contributed by atoms with Crippen LogP contribution in [0, 0.1) is 30.7 Å². The summed E-state index contributed by atoms with van der Waals surface area (Å²) in [5.74, 6) is 1.84. The minimum Gasteiger partial charge on any atom is -0.389 e. The molecule has 2 aromatic rings. The van der Waals surface area contributed by atoms with Crippen LogP contribution in [0.4, 0.5) is 5.69 Å². The summed E-state index contributed by atoms with van der Waals surface area (Å²) in [4.78, 5) is 3.74. The van der Waals surface area contributed by atoms with Gasteiger partial charge in [0.2, 0.25) is 0 Å². The number of aliphatic hydroxyl groups is 1. The van der Waals surface area contributed by atoms with E-state index in [1.54, 1.807) is 0 Å². The third-order valence-electron chi connectivity index (χ3n) is 9.39. The van der Waals surface area contributed by atoms with Crippen molar-refractivity contribution in [3.63, 3.8) is 0 Å².